The van der Waals surface area contributed by atoms with Crippen LogP contribution in [-0.2, 0) is 4.79 Å². The van der Waals surface area contributed by atoms with Gasteiger partial charge < -0.3 is 20.1 Å². The first kappa shape index (κ1) is 13.6. The van der Waals surface area contributed by atoms with Gasteiger partial charge in [-0.3, -0.25) is 4.79 Å². The number of rotatable bonds is 1. The number of fused-ring (bicyclic) bond motifs is 1. The molecule has 1 heterocycles. The molecule has 1 aliphatic rings. The van der Waals surface area contributed by atoms with E-state index < -0.39 is 6.04 Å². The van der Waals surface area contributed by atoms with Crippen molar-refractivity contribution in [1.82, 2.24) is 0 Å². The van der Waals surface area contributed by atoms with Gasteiger partial charge in [-0.1, -0.05) is 0 Å². The van der Waals surface area contributed by atoms with E-state index in [-0.39, 0.29) is 24.9 Å². The zero-order chi connectivity index (χ0) is 11.7. The van der Waals surface area contributed by atoms with E-state index in [9.17, 15) is 4.79 Å². The van der Waals surface area contributed by atoms with E-state index in [0.29, 0.717) is 17.2 Å². The molecule has 0 spiro atoms. The van der Waals surface area contributed by atoms with E-state index in [0.717, 1.165) is 0 Å². The summed E-state index contributed by atoms with van der Waals surface area (Å²) in [6.07, 6.45) is 0. The summed E-state index contributed by atoms with van der Waals surface area (Å²) in [4.78, 5) is 13.3. The number of methoxy groups -OCH3 is 1. The summed E-state index contributed by atoms with van der Waals surface area (Å²) in [5, 5.41) is 0. The van der Waals surface area contributed by atoms with Crippen molar-refractivity contribution in [3.63, 3.8) is 0 Å². The fraction of sp³-hybridized carbons (Fsp3) is 0.364. The van der Waals surface area contributed by atoms with Crippen LogP contribution in [0.5, 0.6) is 11.5 Å². The van der Waals surface area contributed by atoms with Crippen molar-refractivity contribution in [3.8, 4) is 11.5 Å². The van der Waals surface area contributed by atoms with Gasteiger partial charge in [0.15, 0.2) is 0 Å². The Balaban J connectivity index is 0.00000144. The van der Waals surface area contributed by atoms with E-state index >= 15 is 0 Å². The average molecular weight is 259 g/mol. The number of anilines is 1. The number of nitrogens with zero attached hydrogens (tertiary/aromatic N) is 1. The smallest absolute Gasteiger partial charge is 0.247 e. The number of halogens is 1. The molecule has 1 atom stereocenters. The van der Waals surface area contributed by atoms with Gasteiger partial charge in [-0.05, 0) is 12.1 Å². The van der Waals surface area contributed by atoms with Crippen LogP contribution in [0, 0.1) is 0 Å². The number of ether oxygens (including phenoxy) is 2. The van der Waals surface area contributed by atoms with Gasteiger partial charge in [-0.15, -0.1) is 12.4 Å². The zero-order valence-electron chi connectivity index (χ0n) is 9.67. The zero-order valence-corrected chi connectivity index (χ0v) is 10.5. The second-order valence-corrected chi connectivity index (χ2v) is 3.65. The Bertz CT molecular complexity index is 425. The SMILES string of the molecule is COc1ccc2c(c1)OC[C@H](N)C(=O)N2C.Cl. The Kier molecular flexibility index (Phi) is 4.20. The van der Waals surface area contributed by atoms with Gasteiger partial charge in [0, 0.05) is 13.1 Å². The molecule has 94 valence electrons. The largest absolute Gasteiger partial charge is 0.497 e. The highest BCUT2D eigenvalue weighted by Gasteiger charge is 2.26. The standard InChI is InChI=1S/C11H14N2O3.ClH/c1-13-9-4-3-7(15-2)5-10(9)16-6-8(12)11(13)14;/h3-5,8H,6,12H2,1-2H3;1H/t8-;/m0./s1. The molecular weight excluding hydrogens is 244 g/mol. The average Bonchev–Trinajstić information content (AvgIpc) is 2.42. The number of amides is 1. The molecule has 0 saturated heterocycles. The molecule has 0 unspecified atom stereocenters. The molecule has 0 radical (unpaired) electrons. The lowest BCUT2D eigenvalue weighted by molar-refractivity contribution is -0.119. The van der Waals surface area contributed by atoms with Crippen LogP contribution in [0.4, 0.5) is 5.69 Å². The Morgan fingerprint density at radius 2 is 2.24 bits per heavy atom. The molecule has 2 rings (SSSR count). The van der Waals surface area contributed by atoms with Crippen LogP contribution in [-0.4, -0.2) is 32.7 Å². The van der Waals surface area contributed by atoms with E-state index in [1.165, 1.54) is 4.90 Å². The lowest BCUT2D eigenvalue weighted by Crippen LogP contribution is -2.43. The van der Waals surface area contributed by atoms with Crippen molar-refractivity contribution in [2.75, 3.05) is 25.7 Å². The number of hydrogen-bond donors (Lipinski definition) is 1. The summed E-state index contributed by atoms with van der Waals surface area (Å²) in [7, 11) is 3.27. The minimum Gasteiger partial charge on any atom is -0.497 e. The van der Waals surface area contributed by atoms with Crippen molar-refractivity contribution >= 4 is 24.0 Å². The normalized spacial score (nSPS) is 18.6. The maximum atomic E-state index is 11.8. The number of carbonyl (C=O) groups excluding carboxylic acids is 1. The summed E-state index contributed by atoms with van der Waals surface area (Å²) < 4.78 is 10.6. The van der Waals surface area contributed by atoms with E-state index in [1.54, 1.807) is 32.4 Å². The monoisotopic (exact) mass is 258 g/mol. The minimum atomic E-state index is -0.622. The van der Waals surface area contributed by atoms with Crippen LogP contribution in [0.15, 0.2) is 18.2 Å². The second-order valence-electron chi connectivity index (χ2n) is 3.65. The van der Waals surface area contributed by atoms with Crippen molar-refractivity contribution in [3.05, 3.63) is 18.2 Å². The first-order valence-corrected chi connectivity index (χ1v) is 4.97. The van der Waals surface area contributed by atoms with Gasteiger partial charge in [-0.25, -0.2) is 0 Å². The molecule has 0 saturated carbocycles. The highest BCUT2D eigenvalue weighted by molar-refractivity contribution is 5.98. The van der Waals surface area contributed by atoms with Crippen LogP contribution in [0.25, 0.3) is 0 Å². The third-order valence-corrected chi connectivity index (χ3v) is 2.59. The van der Waals surface area contributed by atoms with Crippen LogP contribution < -0.4 is 20.1 Å². The maximum absolute atomic E-state index is 11.8. The molecule has 6 heteroatoms. The lowest BCUT2D eigenvalue weighted by Gasteiger charge is -2.17. The highest BCUT2D eigenvalue weighted by Crippen LogP contribution is 2.33. The van der Waals surface area contributed by atoms with Gasteiger partial charge >= 0.3 is 0 Å². The van der Waals surface area contributed by atoms with Crippen molar-refractivity contribution in [2.45, 2.75) is 6.04 Å². The van der Waals surface area contributed by atoms with Crippen LogP contribution in [0.3, 0.4) is 0 Å². The third-order valence-electron chi connectivity index (χ3n) is 2.59. The predicted octanol–water partition coefficient (Wildman–Crippen LogP) is 0.799. The Labute approximate surface area is 106 Å². The lowest BCUT2D eigenvalue weighted by atomic mass is 10.2. The van der Waals surface area contributed by atoms with Gasteiger partial charge in [0.05, 0.1) is 12.8 Å². The quantitative estimate of drug-likeness (QED) is 0.809. The van der Waals surface area contributed by atoms with E-state index in [1.807, 2.05) is 0 Å². The molecule has 0 aromatic heterocycles. The molecule has 1 aromatic carbocycles. The van der Waals surface area contributed by atoms with Crippen molar-refractivity contribution in [2.24, 2.45) is 5.73 Å². The Hall–Kier alpha value is -1.46. The summed E-state index contributed by atoms with van der Waals surface area (Å²) in [5.74, 6) is 1.15. The fourth-order valence-electron chi connectivity index (χ4n) is 1.63. The Morgan fingerprint density at radius 1 is 1.53 bits per heavy atom. The molecule has 5 nitrogen and oxygen atoms in total. The number of nitrogens with two attached hydrogens (primary N) is 1. The van der Waals surface area contributed by atoms with E-state index in [4.69, 9.17) is 15.2 Å². The molecule has 17 heavy (non-hydrogen) atoms. The number of hydrogen-bond acceptors (Lipinski definition) is 4. The molecular formula is C11H15ClN2O3. The summed E-state index contributed by atoms with van der Waals surface area (Å²) in [6.45, 7) is 0.184. The fourth-order valence-corrected chi connectivity index (χ4v) is 1.63. The van der Waals surface area contributed by atoms with Gasteiger partial charge in [-0.2, -0.15) is 0 Å². The summed E-state index contributed by atoms with van der Waals surface area (Å²) >= 11 is 0. The van der Waals surface area contributed by atoms with Crippen molar-refractivity contribution in [1.29, 1.82) is 0 Å². The van der Waals surface area contributed by atoms with E-state index in [2.05, 4.69) is 0 Å². The third kappa shape index (κ3) is 2.45. The molecule has 0 bridgehead atoms. The number of benzene rings is 1. The Morgan fingerprint density at radius 3 is 2.88 bits per heavy atom. The maximum Gasteiger partial charge on any atom is 0.247 e. The summed E-state index contributed by atoms with van der Waals surface area (Å²) in [5.41, 5.74) is 6.38. The highest BCUT2D eigenvalue weighted by atomic mass is 35.5. The molecule has 0 fully saturated rings. The van der Waals surface area contributed by atoms with Gasteiger partial charge in [0.1, 0.15) is 24.1 Å². The minimum absolute atomic E-state index is 0. The first-order chi connectivity index (χ1) is 7.63. The predicted molar refractivity (Wildman–Crippen MR) is 67.1 cm³/mol. The van der Waals surface area contributed by atoms with Gasteiger partial charge in [0.25, 0.3) is 0 Å². The summed E-state index contributed by atoms with van der Waals surface area (Å²) in [6, 6.07) is 4.69. The first-order valence-electron chi connectivity index (χ1n) is 4.97. The second kappa shape index (κ2) is 5.25. The van der Waals surface area contributed by atoms with Crippen molar-refractivity contribution < 1.29 is 14.3 Å². The topological polar surface area (TPSA) is 64.8 Å². The molecule has 2 N–H and O–H groups in total. The number of carbonyl (C=O) groups is 1. The van der Waals surface area contributed by atoms with Crippen LogP contribution >= 0.6 is 12.4 Å². The number of likely N-dealkylation sites (N-methyl/N-ethyl adjacent to an activating group) is 1. The van der Waals surface area contributed by atoms with Crippen LogP contribution in [0.2, 0.25) is 0 Å². The molecule has 1 aromatic rings. The van der Waals surface area contributed by atoms with Gasteiger partial charge in [0.2, 0.25) is 5.91 Å². The van der Waals surface area contributed by atoms with Crippen LogP contribution in [0.1, 0.15) is 0 Å². The molecule has 0 aliphatic carbocycles. The molecule has 1 amide bonds. The molecule has 1 aliphatic heterocycles.